The molecule has 1 atom stereocenters. The maximum absolute atomic E-state index is 14.3. The normalized spacial score (nSPS) is 11.9. The van der Waals surface area contributed by atoms with Crippen molar-refractivity contribution in [3.05, 3.63) is 128 Å². The zero-order valence-electron chi connectivity index (χ0n) is 22.9. The van der Waals surface area contributed by atoms with Gasteiger partial charge in [-0.05, 0) is 65.7 Å². The Morgan fingerprint density at radius 2 is 1.47 bits per heavy atom. The van der Waals surface area contributed by atoms with Crippen LogP contribution in [-0.2, 0) is 32.6 Å². The van der Waals surface area contributed by atoms with E-state index >= 15 is 0 Å². The second-order valence-corrected chi connectivity index (χ2v) is 13.1. The lowest BCUT2D eigenvalue weighted by molar-refractivity contribution is -0.139. The molecule has 4 aromatic carbocycles. The Morgan fingerprint density at radius 1 is 0.767 bits per heavy atom. The van der Waals surface area contributed by atoms with Crippen molar-refractivity contribution in [1.29, 1.82) is 0 Å². The van der Waals surface area contributed by atoms with Crippen molar-refractivity contribution in [2.75, 3.05) is 17.9 Å². The van der Waals surface area contributed by atoms with E-state index in [4.69, 9.17) is 46.4 Å². The van der Waals surface area contributed by atoms with E-state index < -0.39 is 34.4 Å². The molecular weight excluding hydrogens is 652 g/mol. The number of nitrogens with zero attached hydrogens (tertiary/aromatic N) is 2. The number of benzene rings is 4. The summed E-state index contributed by atoms with van der Waals surface area (Å²) in [5.41, 5.74) is 1.58. The van der Waals surface area contributed by atoms with Crippen molar-refractivity contribution in [2.24, 2.45) is 0 Å². The quantitative estimate of drug-likeness (QED) is 0.187. The number of amides is 2. The fourth-order valence-electron chi connectivity index (χ4n) is 4.45. The summed E-state index contributed by atoms with van der Waals surface area (Å²) in [6.07, 6.45) is 0.175. The molecule has 0 aliphatic heterocycles. The molecule has 0 fully saturated rings. The third kappa shape index (κ3) is 8.22. The molecule has 0 heterocycles. The van der Waals surface area contributed by atoms with Gasteiger partial charge in [-0.25, -0.2) is 8.42 Å². The highest BCUT2D eigenvalue weighted by Crippen LogP contribution is 2.29. The summed E-state index contributed by atoms with van der Waals surface area (Å²) in [6, 6.07) is 24.9. The number of rotatable bonds is 11. The lowest BCUT2D eigenvalue weighted by Gasteiger charge is -2.33. The second kappa shape index (κ2) is 14.5. The molecule has 0 aromatic heterocycles. The van der Waals surface area contributed by atoms with Crippen molar-refractivity contribution in [1.82, 2.24) is 10.2 Å². The van der Waals surface area contributed by atoms with E-state index in [0.717, 1.165) is 9.87 Å². The smallest absolute Gasteiger partial charge is 0.264 e. The van der Waals surface area contributed by atoms with Gasteiger partial charge < -0.3 is 10.2 Å². The molecule has 0 saturated carbocycles. The summed E-state index contributed by atoms with van der Waals surface area (Å²) >= 11 is 24.6. The van der Waals surface area contributed by atoms with Crippen molar-refractivity contribution >= 4 is 73.9 Å². The van der Waals surface area contributed by atoms with Crippen LogP contribution >= 0.6 is 46.4 Å². The lowest BCUT2D eigenvalue weighted by Crippen LogP contribution is -2.53. The molecule has 43 heavy (non-hydrogen) atoms. The molecule has 0 radical (unpaired) electrons. The first-order valence-electron chi connectivity index (χ1n) is 13.0. The minimum Gasteiger partial charge on any atom is -0.357 e. The van der Waals surface area contributed by atoms with E-state index in [1.54, 1.807) is 30.3 Å². The number of hydrogen-bond acceptors (Lipinski definition) is 4. The molecular formula is C31H27Cl4N3O4S. The van der Waals surface area contributed by atoms with Crippen LogP contribution < -0.4 is 9.62 Å². The third-order valence-corrected chi connectivity index (χ3v) is 9.65. The Balaban J connectivity index is 1.80. The summed E-state index contributed by atoms with van der Waals surface area (Å²) < 4.78 is 28.9. The molecule has 0 spiro atoms. The number of halogens is 4. The van der Waals surface area contributed by atoms with Crippen LogP contribution in [0.2, 0.25) is 20.1 Å². The predicted molar refractivity (Wildman–Crippen MR) is 172 cm³/mol. The van der Waals surface area contributed by atoms with Crippen LogP contribution in [0.5, 0.6) is 0 Å². The maximum atomic E-state index is 14.3. The monoisotopic (exact) mass is 677 g/mol. The van der Waals surface area contributed by atoms with Gasteiger partial charge in [0.2, 0.25) is 11.8 Å². The number of hydrogen-bond donors (Lipinski definition) is 1. The molecule has 2 amide bonds. The standard InChI is InChI=1S/C31H27Cl4N3O4S/c1-36-31(40)29(17-21-6-3-2-4-7-21)37(19-22-10-15-27(34)28(35)16-22)30(39)20-38(25-9-5-8-24(33)18-25)43(41,42)26-13-11-23(32)12-14-26/h2-16,18,29H,17,19-20H2,1H3,(H,36,40). The highest BCUT2D eigenvalue weighted by Gasteiger charge is 2.34. The fraction of sp³-hybridized carbons (Fsp3) is 0.161. The van der Waals surface area contributed by atoms with Crippen LogP contribution in [0.3, 0.4) is 0 Å². The average molecular weight is 679 g/mol. The number of likely N-dealkylation sites (N-methyl/N-ethyl adjacent to an activating group) is 1. The molecule has 12 heteroatoms. The Labute approximate surface area is 271 Å². The first-order chi connectivity index (χ1) is 20.5. The first-order valence-corrected chi connectivity index (χ1v) is 16.0. The van der Waals surface area contributed by atoms with Crippen molar-refractivity contribution in [3.8, 4) is 0 Å². The Kier molecular flexibility index (Phi) is 11.0. The van der Waals surface area contributed by atoms with E-state index in [1.807, 2.05) is 30.3 Å². The lowest BCUT2D eigenvalue weighted by atomic mass is 10.0. The summed E-state index contributed by atoms with van der Waals surface area (Å²) in [7, 11) is -2.80. The highest BCUT2D eigenvalue weighted by molar-refractivity contribution is 7.92. The number of anilines is 1. The number of sulfonamides is 1. The van der Waals surface area contributed by atoms with Gasteiger partial charge in [-0.15, -0.1) is 0 Å². The van der Waals surface area contributed by atoms with Crippen LogP contribution in [0.1, 0.15) is 11.1 Å². The number of nitrogens with one attached hydrogen (secondary N) is 1. The van der Waals surface area contributed by atoms with Gasteiger partial charge in [-0.3, -0.25) is 13.9 Å². The Morgan fingerprint density at radius 3 is 2.09 bits per heavy atom. The van der Waals surface area contributed by atoms with Crippen LogP contribution in [0.4, 0.5) is 5.69 Å². The van der Waals surface area contributed by atoms with Gasteiger partial charge in [-0.2, -0.15) is 0 Å². The van der Waals surface area contributed by atoms with Gasteiger partial charge in [0, 0.05) is 30.1 Å². The van der Waals surface area contributed by atoms with Crippen LogP contribution in [0.15, 0.2) is 102 Å². The van der Waals surface area contributed by atoms with E-state index in [-0.39, 0.29) is 33.6 Å². The SMILES string of the molecule is CNC(=O)C(Cc1ccccc1)N(Cc1ccc(Cl)c(Cl)c1)C(=O)CN(c1cccc(Cl)c1)S(=O)(=O)c1ccc(Cl)cc1. The molecule has 4 rings (SSSR count). The zero-order chi connectivity index (χ0) is 31.1. The fourth-order valence-corrected chi connectivity index (χ4v) is 6.49. The van der Waals surface area contributed by atoms with Crippen LogP contribution in [0.25, 0.3) is 0 Å². The molecule has 0 bridgehead atoms. The van der Waals surface area contributed by atoms with Crippen molar-refractivity contribution in [3.63, 3.8) is 0 Å². The zero-order valence-corrected chi connectivity index (χ0v) is 26.7. The third-order valence-electron chi connectivity index (χ3n) is 6.63. The molecule has 1 N–H and O–H groups in total. The number of carbonyl (C=O) groups excluding carboxylic acids is 2. The molecule has 0 saturated heterocycles. The van der Waals surface area contributed by atoms with E-state index in [2.05, 4.69) is 5.32 Å². The molecule has 4 aromatic rings. The average Bonchev–Trinajstić information content (AvgIpc) is 2.99. The summed E-state index contributed by atoms with van der Waals surface area (Å²) in [6.45, 7) is -0.681. The minimum atomic E-state index is -4.28. The van der Waals surface area contributed by atoms with Gasteiger partial charge in [-0.1, -0.05) is 88.9 Å². The van der Waals surface area contributed by atoms with Gasteiger partial charge >= 0.3 is 0 Å². The van der Waals surface area contributed by atoms with E-state index in [9.17, 15) is 18.0 Å². The van der Waals surface area contributed by atoms with Crippen LogP contribution in [-0.4, -0.2) is 44.8 Å². The van der Waals surface area contributed by atoms with Gasteiger partial charge in [0.1, 0.15) is 12.6 Å². The number of carbonyl (C=O) groups is 2. The summed E-state index contributed by atoms with van der Waals surface area (Å²) in [5.74, 6) is -1.06. The molecule has 1 unspecified atom stereocenters. The Hall–Kier alpha value is -3.27. The molecule has 224 valence electrons. The minimum absolute atomic E-state index is 0.0506. The molecule has 0 aliphatic carbocycles. The second-order valence-electron chi connectivity index (χ2n) is 9.54. The van der Waals surface area contributed by atoms with Gasteiger partial charge in [0.15, 0.2) is 0 Å². The van der Waals surface area contributed by atoms with Crippen LogP contribution in [0, 0.1) is 0 Å². The Bertz CT molecular complexity index is 1700. The molecule has 0 aliphatic rings. The van der Waals surface area contributed by atoms with Crippen molar-refractivity contribution < 1.29 is 18.0 Å². The van der Waals surface area contributed by atoms with Gasteiger partial charge in [0.25, 0.3) is 10.0 Å². The summed E-state index contributed by atoms with van der Waals surface area (Å²) in [5, 5.41) is 3.88. The van der Waals surface area contributed by atoms with E-state index in [0.29, 0.717) is 15.6 Å². The first kappa shape index (κ1) is 32.6. The predicted octanol–water partition coefficient (Wildman–Crippen LogP) is 6.88. The molecule has 7 nitrogen and oxygen atoms in total. The topological polar surface area (TPSA) is 86.8 Å². The van der Waals surface area contributed by atoms with Crippen molar-refractivity contribution in [2.45, 2.75) is 23.9 Å². The summed E-state index contributed by atoms with van der Waals surface area (Å²) in [4.78, 5) is 28.9. The highest BCUT2D eigenvalue weighted by atomic mass is 35.5. The van der Waals surface area contributed by atoms with E-state index in [1.165, 1.54) is 48.3 Å². The van der Waals surface area contributed by atoms with Gasteiger partial charge in [0.05, 0.1) is 20.6 Å². The largest absolute Gasteiger partial charge is 0.357 e. The maximum Gasteiger partial charge on any atom is 0.264 e.